The summed E-state index contributed by atoms with van der Waals surface area (Å²) in [5, 5.41) is 8.62. The summed E-state index contributed by atoms with van der Waals surface area (Å²) in [6.07, 6.45) is 0.100. The van der Waals surface area contributed by atoms with Gasteiger partial charge in [-0.3, -0.25) is 0 Å². The monoisotopic (exact) mass is 236 g/mol. The van der Waals surface area contributed by atoms with Gasteiger partial charge in [-0.1, -0.05) is 13.3 Å². The van der Waals surface area contributed by atoms with Crippen molar-refractivity contribution in [1.82, 2.24) is 0 Å². The first-order chi connectivity index (χ1) is 7.41. The maximum atomic E-state index is 13.2. The van der Waals surface area contributed by atoms with E-state index in [1.807, 2.05) is 0 Å². The molecule has 0 bridgehead atoms. The lowest BCUT2D eigenvalue weighted by molar-refractivity contribution is 0.0688. The first kappa shape index (κ1) is 12.5. The zero-order chi connectivity index (χ0) is 12.5. The third kappa shape index (κ3) is 1.87. The van der Waals surface area contributed by atoms with Gasteiger partial charge in [-0.25, -0.2) is 22.4 Å². The molecular weight excluding hydrogens is 228 g/mol. The Labute approximate surface area is 88.5 Å². The first-order valence-corrected chi connectivity index (χ1v) is 4.49. The van der Waals surface area contributed by atoms with E-state index in [4.69, 9.17) is 5.11 Å². The largest absolute Gasteiger partial charge is 0.478 e. The van der Waals surface area contributed by atoms with Crippen molar-refractivity contribution in [3.63, 3.8) is 0 Å². The molecular formula is C10H8F4O2. The molecule has 1 N–H and O–H groups in total. The SMILES string of the molecule is CCCc1c(F)c(F)c(F)c(F)c1C(=O)O. The summed E-state index contributed by atoms with van der Waals surface area (Å²) in [5.74, 6) is -9.41. The number of carbonyl (C=O) groups is 1. The number of hydrogen-bond donors (Lipinski definition) is 1. The van der Waals surface area contributed by atoms with Crippen LogP contribution in [0.1, 0.15) is 29.3 Å². The van der Waals surface area contributed by atoms with Crippen LogP contribution in [0.3, 0.4) is 0 Å². The summed E-state index contributed by atoms with van der Waals surface area (Å²) in [7, 11) is 0. The molecule has 0 aromatic heterocycles. The van der Waals surface area contributed by atoms with E-state index in [2.05, 4.69) is 0 Å². The minimum absolute atomic E-state index is 0.179. The molecule has 1 aromatic carbocycles. The fourth-order valence-electron chi connectivity index (χ4n) is 1.38. The molecule has 0 saturated carbocycles. The number of carboxylic acids is 1. The third-order valence-electron chi connectivity index (χ3n) is 2.08. The van der Waals surface area contributed by atoms with E-state index >= 15 is 0 Å². The molecule has 0 radical (unpaired) electrons. The van der Waals surface area contributed by atoms with E-state index in [9.17, 15) is 22.4 Å². The van der Waals surface area contributed by atoms with Crippen LogP contribution >= 0.6 is 0 Å². The van der Waals surface area contributed by atoms with E-state index in [0.717, 1.165) is 0 Å². The van der Waals surface area contributed by atoms with Crippen LogP contribution in [-0.2, 0) is 6.42 Å². The van der Waals surface area contributed by atoms with Crippen molar-refractivity contribution in [2.75, 3.05) is 0 Å². The molecule has 0 atom stereocenters. The molecule has 88 valence electrons. The molecule has 1 rings (SSSR count). The van der Waals surface area contributed by atoms with Gasteiger partial charge in [-0.05, 0) is 6.42 Å². The second kappa shape index (κ2) is 4.51. The molecule has 16 heavy (non-hydrogen) atoms. The maximum absolute atomic E-state index is 13.2. The molecule has 0 unspecified atom stereocenters. The molecule has 0 aliphatic rings. The lowest BCUT2D eigenvalue weighted by atomic mass is 10.0. The standard InChI is InChI=1S/C10H8F4O2/c1-2-3-4-5(10(15)16)7(12)9(14)8(13)6(4)11/h2-3H2,1H3,(H,15,16). The van der Waals surface area contributed by atoms with Gasteiger partial charge >= 0.3 is 5.97 Å². The van der Waals surface area contributed by atoms with Crippen molar-refractivity contribution >= 4 is 5.97 Å². The van der Waals surface area contributed by atoms with Crippen LogP contribution in [-0.4, -0.2) is 11.1 Å². The summed E-state index contributed by atoms with van der Waals surface area (Å²) in [6, 6.07) is 0. The fraction of sp³-hybridized carbons (Fsp3) is 0.300. The molecule has 0 amide bonds. The highest BCUT2D eigenvalue weighted by molar-refractivity contribution is 5.89. The molecule has 0 spiro atoms. The van der Waals surface area contributed by atoms with Crippen molar-refractivity contribution in [2.45, 2.75) is 19.8 Å². The Balaban J connectivity index is 3.61. The lowest BCUT2D eigenvalue weighted by Crippen LogP contribution is -2.13. The third-order valence-corrected chi connectivity index (χ3v) is 2.08. The van der Waals surface area contributed by atoms with Crippen molar-refractivity contribution in [3.8, 4) is 0 Å². The number of benzene rings is 1. The number of carboxylic acid groups (broad SMARTS) is 1. The zero-order valence-electron chi connectivity index (χ0n) is 8.28. The van der Waals surface area contributed by atoms with Gasteiger partial charge in [0.2, 0.25) is 0 Å². The summed E-state index contributed by atoms with van der Waals surface area (Å²) < 4.78 is 51.9. The highest BCUT2D eigenvalue weighted by atomic mass is 19.2. The van der Waals surface area contributed by atoms with Crippen molar-refractivity contribution < 1.29 is 27.5 Å². The Bertz CT molecular complexity index is 443. The summed E-state index contributed by atoms with van der Waals surface area (Å²) in [4.78, 5) is 10.6. The number of hydrogen-bond acceptors (Lipinski definition) is 1. The van der Waals surface area contributed by atoms with E-state index < -0.39 is 40.4 Å². The van der Waals surface area contributed by atoms with E-state index in [-0.39, 0.29) is 12.8 Å². The number of aromatic carboxylic acids is 1. The van der Waals surface area contributed by atoms with Crippen molar-refractivity contribution in [3.05, 3.63) is 34.4 Å². The zero-order valence-corrected chi connectivity index (χ0v) is 8.28. The van der Waals surface area contributed by atoms with Gasteiger partial charge in [0, 0.05) is 5.56 Å². The summed E-state index contributed by atoms with van der Waals surface area (Å²) in [5.41, 5.74) is -1.79. The first-order valence-electron chi connectivity index (χ1n) is 4.49. The summed E-state index contributed by atoms with van der Waals surface area (Å²) in [6.45, 7) is 1.57. The average molecular weight is 236 g/mol. The lowest BCUT2D eigenvalue weighted by Gasteiger charge is -2.09. The van der Waals surface area contributed by atoms with Gasteiger partial charge in [0.25, 0.3) is 0 Å². The number of halogens is 4. The van der Waals surface area contributed by atoms with Crippen LogP contribution in [0.25, 0.3) is 0 Å². The van der Waals surface area contributed by atoms with Gasteiger partial charge in [0.1, 0.15) is 5.56 Å². The molecule has 0 aliphatic carbocycles. The van der Waals surface area contributed by atoms with Crippen molar-refractivity contribution in [2.24, 2.45) is 0 Å². The maximum Gasteiger partial charge on any atom is 0.339 e. The second-order valence-corrected chi connectivity index (χ2v) is 3.16. The van der Waals surface area contributed by atoms with Gasteiger partial charge in [-0.2, -0.15) is 0 Å². The molecule has 0 heterocycles. The van der Waals surface area contributed by atoms with Crippen LogP contribution in [0.5, 0.6) is 0 Å². The smallest absolute Gasteiger partial charge is 0.339 e. The quantitative estimate of drug-likeness (QED) is 0.497. The average Bonchev–Trinajstić information content (AvgIpc) is 2.23. The van der Waals surface area contributed by atoms with Gasteiger partial charge in [0.15, 0.2) is 23.3 Å². The van der Waals surface area contributed by atoms with Crippen LogP contribution in [0, 0.1) is 23.3 Å². The van der Waals surface area contributed by atoms with Gasteiger partial charge in [-0.15, -0.1) is 0 Å². The normalized spacial score (nSPS) is 10.6. The second-order valence-electron chi connectivity index (χ2n) is 3.16. The Hall–Kier alpha value is -1.59. The van der Waals surface area contributed by atoms with E-state index in [1.165, 1.54) is 0 Å². The van der Waals surface area contributed by atoms with Crippen LogP contribution < -0.4 is 0 Å². The molecule has 0 aliphatic heterocycles. The Kier molecular flexibility index (Phi) is 3.51. The minimum Gasteiger partial charge on any atom is -0.478 e. The van der Waals surface area contributed by atoms with Gasteiger partial charge < -0.3 is 5.11 Å². The highest BCUT2D eigenvalue weighted by Crippen LogP contribution is 2.25. The fourth-order valence-corrected chi connectivity index (χ4v) is 1.38. The Morgan fingerprint density at radius 2 is 1.56 bits per heavy atom. The predicted molar refractivity (Wildman–Crippen MR) is 47.2 cm³/mol. The highest BCUT2D eigenvalue weighted by Gasteiger charge is 2.28. The van der Waals surface area contributed by atoms with Crippen LogP contribution in [0.15, 0.2) is 0 Å². The molecule has 1 aromatic rings. The molecule has 0 fully saturated rings. The van der Waals surface area contributed by atoms with E-state index in [1.54, 1.807) is 6.92 Å². The Morgan fingerprint density at radius 1 is 1.06 bits per heavy atom. The predicted octanol–water partition coefficient (Wildman–Crippen LogP) is 2.89. The van der Waals surface area contributed by atoms with Crippen LogP contribution in [0.2, 0.25) is 0 Å². The minimum atomic E-state index is -2.10. The van der Waals surface area contributed by atoms with Crippen molar-refractivity contribution in [1.29, 1.82) is 0 Å². The topological polar surface area (TPSA) is 37.3 Å². The molecule has 2 nitrogen and oxygen atoms in total. The van der Waals surface area contributed by atoms with Gasteiger partial charge in [0.05, 0.1) is 0 Å². The molecule has 0 saturated heterocycles. The van der Waals surface area contributed by atoms with Crippen LogP contribution in [0.4, 0.5) is 17.6 Å². The van der Waals surface area contributed by atoms with E-state index in [0.29, 0.717) is 0 Å². The molecule has 6 heteroatoms. The number of rotatable bonds is 3. The summed E-state index contributed by atoms with van der Waals surface area (Å²) >= 11 is 0. The Morgan fingerprint density at radius 3 is 2.00 bits per heavy atom.